The summed E-state index contributed by atoms with van der Waals surface area (Å²) < 4.78 is 0. The van der Waals surface area contributed by atoms with Gasteiger partial charge in [0, 0.05) is 12.0 Å². The van der Waals surface area contributed by atoms with E-state index in [4.69, 9.17) is 5.11 Å². The largest absolute Gasteiger partial charge is 1.00 e. The Hall–Kier alpha value is -0.320. The zero-order valence-electron chi connectivity index (χ0n) is 11.6. The monoisotopic (exact) mass is 278 g/mol. The fraction of sp³-hybridized carbons (Fsp3) is 0.923. The summed E-state index contributed by atoms with van der Waals surface area (Å²) in [6.45, 7) is 6.66. The van der Waals surface area contributed by atoms with E-state index in [1.807, 2.05) is 0 Å². The molecule has 0 spiro atoms. The number of hydrogen-bond acceptors (Lipinski definition) is 2. The summed E-state index contributed by atoms with van der Waals surface area (Å²) in [5, 5.41) is 8.78. The molecule has 18 heavy (non-hydrogen) atoms. The summed E-state index contributed by atoms with van der Waals surface area (Å²) in [6, 6.07) is 0.795. The lowest BCUT2D eigenvalue weighted by Gasteiger charge is -2.36. The Bertz CT molecular complexity index is 239. The molecule has 0 amide bonds. The quantitative estimate of drug-likeness (QED) is 0.589. The van der Waals surface area contributed by atoms with Crippen molar-refractivity contribution in [3.8, 4) is 0 Å². The van der Waals surface area contributed by atoms with E-state index >= 15 is 0 Å². The van der Waals surface area contributed by atoms with Crippen LogP contribution in [0.4, 0.5) is 0 Å². The van der Waals surface area contributed by atoms with E-state index in [1.165, 1.54) is 12.8 Å². The van der Waals surface area contributed by atoms with E-state index in [1.54, 1.807) is 0 Å². The van der Waals surface area contributed by atoms with Gasteiger partial charge in [0.1, 0.15) is 0 Å². The van der Waals surface area contributed by atoms with Crippen molar-refractivity contribution < 1.29 is 28.0 Å². The molecule has 0 saturated heterocycles. The maximum atomic E-state index is 10.7. The second-order valence-electron chi connectivity index (χ2n) is 5.15. The smallest absolute Gasteiger partial charge is 0.309 e. The molecule has 5 heteroatoms. The third-order valence-corrected chi connectivity index (χ3v) is 4.17. The fourth-order valence-corrected chi connectivity index (χ4v) is 3.07. The lowest BCUT2D eigenvalue weighted by molar-refractivity contribution is -0.434. The van der Waals surface area contributed by atoms with Crippen molar-refractivity contribution in [2.24, 2.45) is 5.92 Å². The van der Waals surface area contributed by atoms with Crippen LogP contribution < -0.4 is 18.1 Å². The Morgan fingerprint density at radius 3 is 2.17 bits per heavy atom. The zero-order chi connectivity index (χ0) is 12.8. The lowest BCUT2D eigenvalue weighted by Crippen LogP contribution is -3.00. The first-order valence-electron chi connectivity index (χ1n) is 6.87. The van der Waals surface area contributed by atoms with Crippen molar-refractivity contribution in [3.63, 3.8) is 0 Å². The van der Waals surface area contributed by atoms with Crippen LogP contribution in [0.25, 0.3) is 0 Å². The number of carbonyl (C=O) groups is 1. The molecule has 1 saturated carbocycles. The number of carboxylic acids is 1. The van der Waals surface area contributed by atoms with Crippen LogP contribution in [0.3, 0.4) is 0 Å². The average molecular weight is 279 g/mol. The molecule has 1 aliphatic carbocycles. The maximum Gasteiger partial charge on any atom is 0.309 e. The first-order chi connectivity index (χ1) is 8.08. The van der Waals surface area contributed by atoms with Gasteiger partial charge >= 0.3 is 5.97 Å². The van der Waals surface area contributed by atoms with Gasteiger partial charge in [-0.2, -0.15) is 0 Å². The molecular formula is C13H27ClN2O2. The minimum Gasteiger partial charge on any atom is -1.00 e. The van der Waals surface area contributed by atoms with Gasteiger partial charge in [-0.05, 0) is 38.8 Å². The van der Waals surface area contributed by atoms with E-state index in [-0.39, 0.29) is 24.9 Å². The van der Waals surface area contributed by atoms with Crippen LogP contribution in [-0.4, -0.2) is 41.1 Å². The summed E-state index contributed by atoms with van der Waals surface area (Å²) in [6.07, 6.45) is 4.92. The van der Waals surface area contributed by atoms with Crippen molar-refractivity contribution in [3.05, 3.63) is 0 Å². The topological polar surface area (TPSA) is 68.2 Å². The molecule has 0 aromatic rings. The van der Waals surface area contributed by atoms with E-state index in [9.17, 15) is 4.79 Å². The van der Waals surface area contributed by atoms with Gasteiger partial charge in [0.05, 0.1) is 12.5 Å². The summed E-state index contributed by atoms with van der Waals surface area (Å²) in [4.78, 5) is 13.2. The average Bonchev–Trinajstić information content (AvgIpc) is 2.30. The molecule has 0 heterocycles. The van der Waals surface area contributed by atoms with Gasteiger partial charge in [-0.3, -0.25) is 4.79 Å². The first-order valence-corrected chi connectivity index (χ1v) is 6.87. The molecule has 4 nitrogen and oxygen atoms in total. The van der Waals surface area contributed by atoms with Crippen molar-refractivity contribution in [2.75, 3.05) is 13.1 Å². The van der Waals surface area contributed by atoms with Gasteiger partial charge in [-0.15, -0.1) is 0 Å². The Kier molecular flexibility index (Phi) is 8.57. The van der Waals surface area contributed by atoms with Crippen LogP contribution in [0, 0.1) is 5.92 Å². The van der Waals surface area contributed by atoms with Gasteiger partial charge < -0.3 is 28.1 Å². The van der Waals surface area contributed by atoms with Gasteiger partial charge in [0.2, 0.25) is 0 Å². The molecule has 1 atom stereocenters. The van der Waals surface area contributed by atoms with Gasteiger partial charge in [0.15, 0.2) is 0 Å². The molecule has 1 unspecified atom stereocenters. The number of aliphatic carboxylic acids is 1. The van der Waals surface area contributed by atoms with Crippen molar-refractivity contribution in [2.45, 2.75) is 58.0 Å². The number of halogens is 1. The van der Waals surface area contributed by atoms with Gasteiger partial charge in [0.25, 0.3) is 0 Å². The normalized spacial score (nSPS) is 25.6. The molecule has 0 radical (unpaired) electrons. The van der Waals surface area contributed by atoms with Crippen LogP contribution >= 0.6 is 0 Å². The van der Waals surface area contributed by atoms with Crippen molar-refractivity contribution in [1.29, 1.82) is 0 Å². The van der Waals surface area contributed by atoms with Crippen LogP contribution in [0.2, 0.25) is 0 Å². The fourth-order valence-electron chi connectivity index (χ4n) is 3.07. The second kappa shape index (κ2) is 8.73. The van der Waals surface area contributed by atoms with Crippen molar-refractivity contribution >= 4 is 5.97 Å². The number of carboxylic acid groups (broad SMARTS) is 1. The van der Waals surface area contributed by atoms with Gasteiger partial charge in [-0.25, -0.2) is 0 Å². The predicted octanol–water partition coefficient (Wildman–Crippen LogP) is -2.02. The van der Waals surface area contributed by atoms with E-state index in [0.717, 1.165) is 25.9 Å². The first kappa shape index (κ1) is 17.7. The van der Waals surface area contributed by atoms with E-state index < -0.39 is 5.97 Å². The number of hydrogen-bond donors (Lipinski definition) is 2. The minimum atomic E-state index is -0.712. The summed E-state index contributed by atoms with van der Waals surface area (Å²) in [5.41, 5.74) is 4.02. The molecule has 0 aliphatic heterocycles. The zero-order valence-corrected chi connectivity index (χ0v) is 12.3. The molecular weight excluding hydrogens is 252 g/mol. The number of quaternary nitrogens is 1. The highest BCUT2D eigenvalue weighted by atomic mass is 35.5. The van der Waals surface area contributed by atoms with E-state index in [2.05, 4.69) is 24.5 Å². The highest BCUT2D eigenvalue weighted by Gasteiger charge is 2.30. The molecule has 1 rings (SSSR count). The summed E-state index contributed by atoms with van der Waals surface area (Å²) in [7, 11) is 0. The lowest BCUT2D eigenvalue weighted by atomic mass is 9.80. The Morgan fingerprint density at radius 1 is 1.28 bits per heavy atom. The molecule has 0 bridgehead atoms. The Morgan fingerprint density at radius 2 is 1.78 bits per heavy atom. The minimum absolute atomic E-state index is 0. The maximum absolute atomic E-state index is 10.7. The second-order valence-corrected chi connectivity index (χ2v) is 5.15. The highest BCUT2D eigenvalue weighted by molar-refractivity contribution is 5.67. The molecule has 108 valence electrons. The van der Waals surface area contributed by atoms with Crippen LogP contribution in [0.15, 0.2) is 0 Å². The standard InChI is InChI=1S/C13H26N2O2.ClH/c1-3-15(4-2)11-7-5-10(6-8-11)12(14)9-13(16)17;/h10-12H,3-9,14H2,1-2H3,(H,16,17);1H. The van der Waals surface area contributed by atoms with Crippen LogP contribution in [0.5, 0.6) is 0 Å². The number of nitrogens with zero attached hydrogens (tertiary/aromatic N) is 1. The summed E-state index contributed by atoms with van der Waals surface area (Å²) in [5.74, 6) is -0.200. The molecule has 0 aromatic carbocycles. The van der Waals surface area contributed by atoms with E-state index in [0.29, 0.717) is 12.0 Å². The molecule has 1 aliphatic rings. The predicted molar refractivity (Wildman–Crippen MR) is 67.6 cm³/mol. The molecule has 1 fully saturated rings. The SMILES string of the molecule is CCN(CC)C1CCC(C([NH3+])CC(=O)O)CC1.[Cl-]. The third kappa shape index (κ3) is 5.12. The molecule has 4 N–H and O–H groups in total. The van der Waals surface area contributed by atoms with Crippen LogP contribution in [-0.2, 0) is 4.79 Å². The highest BCUT2D eigenvalue weighted by Crippen LogP contribution is 2.29. The van der Waals surface area contributed by atoms with Gasteiger partial charge in [-0.1, -0.05) is 13.8 Å². The Balaban J connectivity index is 0.00000289. The third-order valence-electron chi connectivity index (χ3n) is 4.17. The summed E-state index contributed by atoms with van der Waals surface area (Å²) >= 11 is 0. The number of rotatable bonds is 6. The Labute approximate surface area is 116 Å². The van der Waals surface area contributed by atoms with Crippen LogP contribution in [0.1, 0.15) is 46.0 Å². The molecule has 0 aromatic heterocycles. The van der Waals surface area contributed by atoms with Crippen molar-refractivity contribution in [1.82, 2.24) is 4.90 Å².